The topological polar surface area (TPSA) is 64.9 Å². The van der Waals surface area contributed by atoms with E-state index in [4.69, 9.17) is 11.6 Å². The maximum Gasteiger partial charge on any atom is 0.256 e. The second-order valence-electron chi connectivity index (χ2n) is 7.97. The normalized spacial score (nSPS) is 15.5. The molecule has 0 spiro atoms. The van der Waals surface area contributed by atoms with Gasteiger partial charge in [0, 0.05) is 62.6 Å². The summed E-state index contributed by atoms with van der Waals surface area (Å²) < 4.78 is 14.7. The smallest absolute Gasteiger partial charge is 0.256 e. The zero-order valence-electron chi connectivity index (χ0n) is 17.9. The molecule has 3 heterocycles. The van der Waals surface area contributed by atoms with Crippen LogP contribution in [0.2, 0.25) is 5.02 Å². The molecule has 0 atom stereocenters. The van der Waals surface area contributed by atoms with E-state index in [2.05, 4.69) is 19.9 Å². The molecule has 1 fully saturated rings. The van der Waals surface area contributed by atoms with Gasteiger partial charge in [0.15, 0.2) is 0 Å². The number of amides is 1. The Morgan fingerprint density at radius 1 is 1.03 bits per heavy atom. The van der Waals surface area contributed by atoms with E-state index in [-0.39, 0.29) is 11.5 Å². The number of rotatable bonds is 4. The van der Waals surface area contributed by atoms with E-state index in [0.29, 0.717) is 50.4 Å². The Morgan fingerprint density at radius 2 is 1.82 bits per heavy atom. The summed E-state index contributed by atoms with van der Waals surface area (Å²) in [5.41, 5.74) is 2.75. The van der Waals surface area contributed by atoms with E-state index in [1.54, 1.807) is 41.7 Å². The van der Waals surface area contributed by atoms with Crippen LogP contribution in [0.3, 0.4) is 0 Å². The number of aromatic nitrogens is 2. The van der Waals surface area contributed by atoms with Crippen LogP contribution in [0.4, 0.5) is 16.0 Å². The molecular formula is C24H22ClFN6O. The number of halogens is 2. The highest BCUT2D eigenvalue weighted by Crippen LogP contribution is 2.30. The zero-order valence-corrected chi connectivity index (χ0v) is 18.6. The summed E-state index contributed by atoms with van der Waals surface area (Å²) in [6.45, 7) is 3.11. The van der Waals surface area contributed by atoms with Crippen LogP contribution in [0.25, 0.3) is 0 Å². The van der Waals surface area contributed by atoms with E-state index in [1.165, 1.54) is 6.07 Å². The van der Waals surface area contributed by atoms with Crippen molar-refractivity contribution in [1.29, 1.82) is 0 Å². The summed E-state index contributed by atoms with van der Waals surface area (Å²) in [5.74, 6) is -0.178. The summed E-state index contributed by atoms with van der Waals surface area (Å²) in [4.78, 5) is 31.8. The highest BCUT2D eigenvalue weighted by Gasteiger charge is 2.26. The van der Waals surface area contributed by atoms with Gasteiger partial charge >= 0.3 is 0 Å². The first-order valence-corrected chi connectivity index (χ1v) is 11.1. The number of piperazine rings is 1. The number of hydrogen-bond donors (Lipinski definition) is 0. The van der Waals surface area contributed by atoms with Crippen LogP contribution in [0.1, 0.15) is 21.5 Å². The number of nitrogens with zero attached hydrogens (tertiary/aromatic N) is 6. The lowest BCUT2D eigenvalue weighted by atomic mass is 10.1. The van der Waals surface area contributed by atoms with Crippen LogP contribution in [-0.4, -0.2) is 59.8 Å². The predicted molar refractivity (Wildman–Crippen MR) is 127 cm³/mol. The van der Waals surface area contributed by atoms with E-state index >= 15 is 0 Å². The molecule has 5 rings (SSSR count). The monoisotopic (exact) mass is 464 g/mol. The van der Waals surface area contributed by atoms with Gasteiger partial charge in [0.2, 0.25) is 5.95 Å². The molecule has 33 heavy (non-hydrogen) atoms. The first kappa shape index (κ1) is 21.3. The SMILES string of the molecule is O=C(c1cc(CN2CN=Cc3c(Cl)cccc32)ccc1F)N1CCN(c2ncccn2)CC1. The Balaban J connectivity index is 1.30. The third kappa shape index (κ3) is 4.39. The fraction of sp³-hybridized carbons (Fsp3) is 0.250. The number of benzene rings is 2. The fourth-order valence-electron chi connectivity index (χ4n) is 4.16. The molecule has 0 N–H and O–H groups in total. The highest BCUT2D eigenvalue weighted by atomic mass is 35.5. The molecule has 2 aromatic carbocycles. The molecule has 0 bridgehead atoms. The number of hydrogen-bond acceptors (Lipinski definition) is 6. The minimum Gasteiger partial charge on any atom is -0.347 e. The Bertz CT molecular complexity index is 1200. The lowest BCUT2D eigenvalue weighted by molar-refractivity contribution is 0.0741. The molecule has 0 unspecified atom stereocenters. The standard InChI is InChI=1S/C24H22ClFN6O/c25-20-3-1-4-22-19(20)14-27-16-32(22)15-17-5-6-21(26)18(13-17)23(33)30-9-11-31(12-10-30)24-28-7-2-8-29-24/h1-8,13-14H,9-12,15-16H2. The summed E-state index contributed by atoms with van der Waals surface area (Å²) in [6.07, 6.45) is 5.16. The van der Waals surface area contributed by atoms with Crippen molar-refractivity contribution in [3.05, 3.63) is 82.4 Å². The van der Waals surface area contributed by atoms with Gasteiger partial charge in [-0.2, -0.15) is 0 Å². The Hall–Kier alpha value is -3.52. The van der Waals surface area contributed by atoms with Crippen molar-refractivity contribution >= 4 is 35.4 Å². The molecule has 7 nitrogen and oxygen atoms in total. The largest absolute Gasteiger partial charge is 0.347 e. The van der Waals surface area contributed by atoms with Crippen LogP contribution in [0.15, 0.2) is 59.9 Å². The van der Waals surface area contributed by atoms with Crippen molar-refractivity contribution in [3.8, 4) is 0 Å². The molecular weight excluding hydrogens is 443 g/mol. The van der Waals surface area contributed by atoms with Gasteiger partial charge in [-0.15, -0.1) is 0 Å². The summed E-state index contributed by atoms with van der Waals surface area (Å²) in [7, 11) is 0. The Labute approximate surface area is 196 Å². The molecule has 3 aromatic rings. The molecule has 0 aliphatic carbocycles. The average Bonchev–Trinajstić information content (AvgIpc) is 2.86. The summed E-state index contributed by atoms with van der Waals surface area (Å²) in [6, 6.07) is 12.2. The third-order valence-corrected chi connectivity index (χ3v) is 6.21. The molecule has 0 radical (unpaired) electrons. The first-order chi connectivity index (χ1) is 16.1. The van der Waals surface area contributed by atoms with Crippen molar-refractivity contribution in [2.45, 2.75) is 6.54 Å². The summed E-state index contributed by atoms with van der Waals surface area (Å²) in [5, 5.41) is 0.635. The van der Waals surface area contributed by atoms with Gasteiger partial charge in [-0.05, 0) is 35.9 Å². The van der Waals surface area contributed by atoms with Gasteiger partial charge in [0.05, 0.1) is 10.6 Å². The second-order valence-corrected chi connectivity index (χ2v) is 8.37. The van der Waals surface area contributed by atoms with Crippen LogP contribution in [-0.2, 0) is 6.54 Å². The van der Waals surface area contributed by atoms with Crippen molar-refractivity contribution in [2.24, 2.45) is 4.99 Å². The van der Waals surface area contributed by atoms with Gasteiger partial charge in [-0.1, -0.05) is 23.7 Å². The lowest BCUT2D eigenvalue weighted by Gasteiger charge is -2.34. The van der Waals surface area contributed by atoms with E-state index in [9.17, 15) is 9.18 Å². The maximum atomic E-state index is 14.7. The Morgan fingerprint density at radius 3 is 2.61 bits per heavy atom. The minimum atomic E-state index is -0.516. The van der Waals surface area contributed by atoms with Crippen molar-refractivity contribution < 1.29 is 9.18 Å². The minimum absolute atomic E-state index is 0.0868. The van der Waals surface area contributed by atoms with Gasteiger partial charge in [-0.25, -0.2) is 14.4 Å². The Kier molecular flexibility index (Phi) is 5.92. The lowest BCUT2D eigenvalue weighted by Crippen LogP contribution is -2.49. The average molecular weight is 465 g/mol. The number of carbonyl (C=O) groups excluding carboxylic acids is 1. The highest BCUT2D eigenvalue weighted by molar-refractivity contribution is 6.33. The molecule has 1 amide bonds. The molecule has 1 saturated heterocycles. The van der Waals surface area contributed by atoms with E-state index < -0.39 is 5.82 Å². The van der Waals surface area contributed by atoms with Crippen LogP contribution in [0.5, 0.6) is 0 Å². The fourth-order valence-corrected chi connectivity index (χ4v) is 4.38. The molecule has 9 heteroatoms. The number of fused-ring (bicyclic) bond motifs is 1. The number of carbonyl (C=O) groups is 1. The van der Waals surface area contributed by atoms with Gasteiger partial charge in [0.25, 0.3) is 5.91 Å². The van der Waals surface area contributed by atoms with Crippen LogP contribution < -0.4 is 9.80 Å². The summed E-state index contributed by atoms with van der Waals surface area (Å²) >= 11 is 6.30. The van der Waals surface area contributed by atoms with Crippen LogP contribution in [0, 0.1) is 5.82 Å². The van der Waals surface area contributed by atoms with Crippen molar-refractivity contribution in [1.82, 2.24) is 14.9 Å². The van der Waals surface area contributed by atoms with Gasteiger partial charge in [-0.3, -0.25) is 9.79 Å². The van der Waals surface area contributed by atoms with Crippen molar-refractivity contribution in [2.75, 3.05) is 42.6 Å². The first-order valence-electron chi connectivity index (χ1n) is 10.7. The van der Waals surface area contributed by atoms with E-state index in [0.717, 1.165) is 16.8 Å². The van der Waals surface area contributed by atoms with Gasteiger partial charge < -0.3 is 14.7 Å². The predicted octanol–water partition coefficient (Wildman–Crippen LogP) is 3.63. The quantitative estimate of drug-likeness (QED) is 0.590. The molecule has 2 aliphatic heterocycles. The van der Waals surface area contributed by atoms with E-state index in [1.807, 2.05) is 23.1 Å². The van der Waals surface area contributed by atoms with Crippen molar-refractivity contribution in [3.63, 3.8) is 0 Å². The third-order valence-electron chi connectivity index (χ3n) is 5.88. The second kappa shape index (κ2) is 9.15. The number of aliphatic imine (C=N–C) groups is 1. The number of anilines is 2. The van der Waals surface area contributed by atoms with Gasteiger partial charge in [0.1, 0.15) is 12.5 Å². The molecule has 2 aliphatic rings. The maximum absolute atomic E-state index is 14.7. The molecule has 1 aromatic heterocycles. The zero-order chi connectivity index (χ0) is 22.8. The molecule has 168 valence electrons. The van der Waals surface area contributed by atoms with Crippen LogP contribution >= 0.6 is 11.6 Å². The molecule has 0 saturated carbocycles.